The van der Waals surface area contributed by atoms with Crippen molar-refractivity contribution in [3.05, 3.63) is 243 Å². The lowest BCUT2D eigenvalue weighted by atomic mass is 9.85. The second-order valence-electron chi connectivity index (χ2n) is 16.1. The van der Waals surface area contributed by atoms with Gasteiger partial charge in [0.25, 0.3) is 0 Å². The third-order valence-corrected chi connectivity index (χ3v) is 12.5. The third kappa shape index (κ3) is 5.88. The first-order valence-electron chi connectivity index (χ1n) is 21.3. The van der Waals surface area contributed by atoms with Crippen molar-refractivity contribution >= 4 is 71.2 Å². The molecule has 290 valence electrons. The van der Waals surface area contributed by atoms with Crippen LogP contribution in [0.25, 0.3) is 93.2 Å². The van der Waals surface area contributed by atoms with Gasteiger partial charge in [0.2, 0.25) is 0 Å². The Kier molecular flexibility index (Phi) is 8.53. The van der Waals surface area contributed by atoms with E-state index in [0.29, 0.717) is 0 Å². The summed E-state index contributed by atoms with van der Waals surface area (Å²) in [6.45, 7) is 0. The molecule has 0 aliphatic rings. The molecule has 0 radical (unpaired) electrons. The summed E-state index contributed by atoms with van der Waals surface area (Å²) in [6.07, 6.45) is 0. The largest absolute Gasteiger partial charge is 0.310 e. The van der Waals surface area contributed by atoms with Crippen molar-refractivity contribution in [1.82, 2.24) is 4.57 Å². The standard InChI is InChI=1S/C60H40N2/c1-4-18-43(19-5-1)59-55-28-13-12-26-51(55)52-37-35-47(39-56(52)60(59)44-20-6-2-7-21-44)61(46-33-31-42(32-34-46)50-29-16-22-41-17-10-11-25-49(41)50)48-36-38-54-53-27-14-15-30-57(53)62(58(54)40-48)45-23-8-3-9-24-45/h1-40H. The molecule has 62 heavy (non-hydrogen) atoms. The first-order chi connectivity index (χ1) is 30.8. The smallest absolute Gasteiger partial charge is 0.0561 e. The number of fused-ring (bicyclic) bond motifs is 7. The zero-order valence-electron chi connectivity index (χ0n) is 34.0. The Balaban J connectivity index is 1.13. The Morgan fingerprint density at radius 3 is 1.50 bits per heavy atom. The molecule has 0 atom stereocenters. The average molecular weight is 789 g/mol. The van der Waals surface area contributed by atoms with Crippen molar-refractivity contribution in [2.24, 2.45) is 0 Å². The molecule has 0 N–H and O–H groups in total. The van der Waals surface area contributed by atoms with Crippen LogP contribution >= 0.6 is 0 Å². The highest BCUT2D eigenvalue weighted by Gasteiger charge is 2.22. The highest BCUT2D eigenvalue weighted by molar-refractivity contribution is 6.22. The monoisotopic (exact) mass is 788 g/mol. The molecule has 2 heteroatoms. The Hall–Kier alpha value is -8.20. The lowest BCUT2D eigenvalue weighted by Gasteiger charge is -2.27. The zero-order valence-corrected chi connectivity index (χ0v) is 34.0. The second kappa shape index (κ2) is 14.8. The van der Waals surface area contributed by atoms with E-state index >= 15 is 0 Å². The van der Waals surface area contributed by atoms with Crippen molar-refractivity contribution in [3.63, 3.8) is 0 Å². The van der Waals surface area contributed by atoms with Crippen LogP contribution in [0.4, 0.5) is 17.1 Å². The molecular formula is C60H40N2. The van der Waals surface area contributed by atoms with Crippen molar-refractivity contribution in [2.45, 2.75) is 0 Å². The average Bonchev–Trinajstić information content (AvgIpc) is 3.68. The maximum atomic E-state index is 2.44. The fourth-order valence-electron chi connectivity index (χ4n) is 9.80. The van der Waals surface area contributed by atoms with E-state index in [1.807, 2.05) is 0 Å². The summed E-state index contributed by atoms with van der Waals surface area (Å²) in [5, 5.41) is 9.89. The molecule has 0 fully saturated rings. The molecule has 12 aromatic rings. The van der Waals surface area contributed by atoms with Gasteiger partial charge in [-0.15, -0.1) is 0 Å². The molecule has 0 aliphatic heterocycles. The van der Waals surface area contributed by atoms with Gasteiger partial charge < -0.3 is 9.47 Å². The fraction of sp³-hybridized carbons (Fsp3) is 0. The lowest BCUT2D eigenvalue weighted by Crippen LogP contribution is -2.10. The Morgan fingerprint density at radius 1 is 0.274 bits per heavy atom. The van der Waals surface area contributed by atoms with Gasteiger partial charge in [-0.25, -0.2) is 0 Å². The van der Waals surface area contributed by atoms with Gasteiger partial charge in [-0.05, 0) is 120 Å². The van der Waals surface area contributed by atoms with Crippen LogP contribution in [0.2, 0.25) is 0 Å². The lowest BCUT2D eigenvalue weighted by molar-refractivity contribution is 1.18. The van der Waals surface area contributed by atoms with E-state index in [9.17, 15) is 0 Å². The van der Waals surface area contributed by atoms with Crippen LogP contribution < -0.4 is 4.90 Å². The first kappa shape index (κ1) is 35.7. The van der Waals surface area contributed by atoms with Crippen LogP contribution in [0.5, 0.6) is 0 Å². The number of anilines is 3. The summed E-state index contributed by atoms with van der Waals surface area (Å²) < 4.78 is 2.40. The summed E-state index contributed by atoms with van der Waals surface area (Å²) in [5.41, 5.74) is 14.0. The van der Waals surface area contributed by atoms with Gasteiger partial charge in [0, 0.05) is 33.5 Å². The normalized spacial score (nSPS) is 11.5. The van der Waals surface area contributed by atoms with Gasteiger partial charge in [-0.2, -0.15) is 0 Å². The van der Waals surface area contributed by atoms with Gasteiger partial charge in [-0.1, -0.05) is 188 Å². The van der Waals surface area contributed by atoms with Crippen molar-refractivity contribution in [1.29, 1.82) is 0 Å². The van der Waals surface area contributed by atoms with E-state index in [0.717, 1.165) is 28.3 Å². The molecule has 1 aromatic heterocycles. The number of hydrogen-bond donors (Lipinski definition) is 0. The van der Waals surface area contributed by atoms with Crippen LogP contribution in [-0.4, -0.2) is 4.57 Å². The van der Waals surface area contributed by atoms with Gasteiger partial charge in [-0.3, -0.25) is 0 Å². The maximum Gasteiger partial charge on any atom is 0.0561 e. The van der Waals surface area contributed by atoms with Crippen LogP contribution in [0.15, 0.2) is 243 Å². The summed E-state index contributed by atoms with van der Waals surface area (Å²) >= 11 is 0. The first-order valence-corrected chi connectivity index (χ1v) is 21.3. The number of para-hydroxylation sites is 2. The minimum Gasteiger partial charge on any atom is -0.310 e. The predicted octanol–water partition coefficient (Wildman–Crippen LogP) is 16.7. The minimum absolute atomic E-state index is 1.08. The van der Waals surface area contributed by atoms with E-state index in [1.165, 1.54) is 82.0 Å². The summed E-state index contributed by atoms with van der Waals surface area (Å²) in [5.74, 6) is 0. The number of hydrogen-bond acceptors (Lipinski definition) is 1. The fourth-order valence-corrected chi connectivity index (χ4v) is 9.80. The molecule has 1 heterocycles. The summed E-state index contributed by atoms with van der Waals surface area (Å²) in [6, 6.07) is 88.6. The molecule has 0 amide bonds. The molecule has 0 bridgehead atoms. The van der Waals surface area contributed by atoms with Gasteiger partial charge in [0.05, 0.1) is 11.0 Å². The summed E-state index contributed by atoms with van der Waals surface area (Å²) in [4.78, 5) is 2.44. The number of aromatic nitrogens is 1. The van der Waals surface area contributed by atoms with Crippen molar-refractivity contribution in [3.8, 4) is 39.1 Å². The van der Waals surface area contributed by atoms with Gasteiger partial charge in [0.1, 0.15) is 0 Å². The van der Waals surface area contributed by atoms with Crippen molar-refractivity contribution in [2.75, 3.05) is 4.90 Å². The van der Waals surface area contributed by atoms with E-state index in [2.05, 4.69) is 252 Å². The number of rotatable bonds is 7. The molecule has 0 unspecified atom stereocenters. The molecule has 11 aromatic carbocycles. The van der Waals surface area contributed by atoms with Crippen LogP contribution in [0.1, 0.15) is 0 Å². The van der Waals surface area contributed by atoms with Crippen molar-refractivity contribution < 1.29 is 0 Å². The third-order valence-electron chi connectivity index (χ3n) is 12.5. The Bertz CT molecular complexity index is 3600. The van der Waals surface area contributed by atoms with Gasteiger partial charge in [0.15, 0.2) is 0 Å². The molecule has 12 rings (SSSR count). The van der Waals surface area contributed by atoms with Crippen LogP contribution in [0, 0.1) is 0 Å². The van der Waals surface area contributed by atoms with E-state index < -0.39 is 0 Å². The zero-order chi connectivity index (χ0) is 41.0. The quantitative estimate of drug-likeness (QED) is 0.146. The molecule has 0 saturated heterocycles. The highest BCUT2D eigenvalue weighted by atomic mass is 15.1. The Labute approximate surface area is 360 Å². The molecule has 2 nitrogen and oxygen atoms in total. The van der Waals surface area contributed by atoms with E-state index in [4.69, 9.17) is 0 Å². The maximum absolute atomic E-state index is 2.44. The van der Waals surface area contributed by atoms with Crippen LogP contribution in [0.3, 0.4) is 0 Å². The Morgan fingerprint density at radius 2 is 0.774 bits per heavy atom. The number of nitrogens with zero attached hydrogens (tertiary/aromatic N) is 2. The SMILES string of the molecule is c1ccc(-c2c(-c3ccccc3)c3cc(N(c4ccc(-c5cccc6ccccc56)cc4)c4ccc5c6ccccc6n(-c6ccccc6)c5c4)ccc3c3ccccc23)cc1. The molecule has 0 spiro atoms. The molecule has 0 aliphatic carbocycles. The number of benzene rings is 11. The van der Waals surface area contributed by atoms with Gasteiger partial charge >= 0.3 is 0 Å². The summed E-state index contributed by atoms with van der Waals surface area (Å²) in [7, 11) is 0. The minimum atomic E-state index is 1.08. The van der Waals surface area contributed by atoms with E-state index in [1.54, 1.807) is 0 Å². The van der Waals surface area contributed by atoms with E-state index in [-0.39, 0.29) is 0 Å². The molecule has 0 saturated carbocycles. The second-order valence-corrected chi connectivity index (χ2v) is 16.1. The van der Waals surface area contributed by atoms with Crippen LogP contribution in [-0.2, 0) is 0 Å². The highest BCUT2D eigenvalue weighted by Crippen LogP contribution is 2.47. The molecular weight excluding hydrogens is 749 g/mol. The predicted molar refractivity (Wildman–Crippen MR) is 264 cm³/mol. The topological polar surface area (TPSA) is 8.17 Å².